The van der Waals surface area contributed by atoms with Crippen LogP contribution in [0, 0.1) is 0 Å². The fraction of sp³-hybridized carbons (Fsp3) is 0.100. The maximum absolute atomic E-state index is 13.6. The molecule has 0 saturated carbocycles. The molecule has 0 radical (unpaired) electrons. The van der Waals surface area contributed by atoms with Crippen LogP contribution < -0.4 is 15.0 Å². The zero-order chi connectivity index (χ0) is 31.2. The van der Waals surface area contributed by atoms with E-state index in [1.54, 1.807) is 67.6 Å². The van der Waals surface area contributed by atoms with E-state index in [-0.39, 0.29) is 10.8 Å². The van der Waals surface area contributed by atoms with Crippen LogP contribution in [-0.4, -0.2) is 32.5 Å². The number of rotatable bonds is 9. The summed E-state index contributed by atoms with van der Waals surface area (Å²) in [5.41, 5.74) is 2.36. The van der Waals surface area contributed by atoms with E-state index in [0.29, 0.717) is 32.9 Å². The highest BCUT2D eigenvalue weighted by molar-refractivity contribution is 7.92. The van der Waals surface area contributed by atoms with Crippen molar-refractivity contribution >= 4 is 50.5 Å². The Labute approximate surface area is 250 Å². The van der Waals surface area contributed by atoms with Crippen LogP contribution in [-0.2, 0) is 21.0 Å². The lowest BCUT2D eigenvalue weighted by molar-refractivity contribution is -0.137. The number of nitrogens with zero attached hydrogens (tertiary/aromatic N) is 2. The van der Waals surface area contributed by atoms with E-state index in [9.17, 15) is 31.2 Å². The van der Waals surface area contributed by atoms with E-state index in [4.69, 9.17) is 11.6 Å². The van der Waals surface area contributed by atoms with Crippen molar-refractivity contribution in [2.45, 2.75) is 18.0 Å². The molecular weight excluding hydrogens is 605 g/mol. The molecule has 2 amide bonds. The van der Waals surface area contributed by atoms with Crippen LogP contribution in [0.4, 0.5) is 24.5 Å². The first kappa shape index (κ1) is 31.3. The summed E-state index contributed by atoms with van der Waals surface area (Å²) in [4.78, 5) is 25.2. The highest BCUT2D eigenvalue weighted by atomic mass is 35.5. The summed E-state index contributed by atoms with van der Waals surface area (Å²) >= 11 is 5.73. The number of alkyl halides is 3. The fourth-order valence-electron chi connectivity index (χ4n) is 3.91. The van der Waals surface area contributed by atoms with E-state index in [1.807, 2.05) is 0 Å². The lowest BCUT2D eigenvalue weighted by Crippen LogP contribution is -2.40. The summed E-state index contributed by atoms with van der Waals surface area (Å²) in [6.45, 7) is 0.686. The van der Waals surface area contributed by atoms with Gasteiger partial charge in [-0.15, -0.1) is 0 Å². The van der Waals surface area contributed by atoms with E-state index < -0.39 is 44.9 Å². The molecule has 4 aromatic carbocycles. The monoisotopic (exact) mass is 628 g/mol. The van der Waals surface area contributed by atoms with Gasteiger partial charge < -0.3 is 5.32 Å². The molecule has 0 saturated heterocycles. The molecular formula is C30H24ClF3N4O4S. The molecule has 43 heavy (non-hydrogen) atoms. The third-order valence-corrected chi connectivity index (χ3v) is 8.20. The van der Waals surface area contributed by atoms with Crippen LogP contribution in [0.2, 0.25) is 5.02 Å². The van der Waals surface area contributed by atoms with Gasteiger partial charge in [0.15, 0.2) is 0 Å². The number of nitrogens with one attached hydrogen (secondary N) is 2. The maximum atomic E-state index is 13.6. The van der Waals surface area contributed by atoms with Gasteiger partial charge in [-0.1, -0.05) is 60.1 Å². The smallest absolute Gasteiger partial charge is 0.322 e. The Kier molecular flexibility index (Phi) is 9.52. The summed E-state index contributed by atoms with van der Waals surface area (Å²) in [5.74, 6) is -1.24. The minimum Gasteiger partial charge on any atom is -0.322 e. The van der Waals surface area contributed by atoms with E-state index in [0.717, 1.165) is 12.1 Å². The van der Waals surface area contributed by atoms with Gasteiger partial charge in [0, 0.05) is 11.3 Å². The van der Waals surface area contributed by atoms with Crippen molar-refractivity contribution in [2.24, 2.45) is 5.10 Å². The number of benzene rings is 4. The Morgan fingerprint density at radius 2 is 1.49 bits per heavy atom. The highest BCUT2D eigenvalue weighted by Crippen LogP contribution is 2.38. The van der Waals surface area contributed by atoms with Crippen LogP contribution in [0.3, 0.4) is 0 Å². The minimum atomic E-state index is -4.87. The van der Waals surface area contributed by atoms with Gasteiger partial charge in [-0.2, -0.15) is 18.3 Å². The molecule has 0 bridgehead atoms. The molecule has 2 N–H and O–H groups in total. The SMILES string of the molecule is C/C(=N\NC(=O)CN(c1ccc(Cl)c(C(F)(F)F)c1)S(=O)(=O)c1ccccc1)c1cccc(NC(=O)c2ccccc2)c1. The second-order valence-corrected chi connectivity index (χ2v) is 11.4. The van der Waals surface area contributed by atoms with Crippen molar-refractivity contribution in [3.05, 3.63) is 125 Å². The average Bonchev–Trinajstić information content (AvgIpc) is 2.99. The zero-order valence-electron chi connectivity index (χ0n) is 22.5. The third kappa shape index (κ3) is 7.79. The van der Waals surface area contributed by atoms with Crippen molar-refractivity contribution in [2.75, 3.05) is 16.2 Å². The summed E-state index contributed by atoms with van der Waals surface area (Å²) < 4.78 is 68.1. The predicted octanol–water partition coefficient (Wildman–Crippen LogP) is 6.35. The largest absolute Gasteiger partial charge is 0.417 e. The number of anilines is 2. The maximum Gasteiger partial charge on any atom is 0.417 e. The normalized spacial score (nSPS) is 12.0. The second kappa shape index (κ2) is 13.1. The lowest BCUT2D eigenvalue weighted by Gasteiger charge is -2.25. The van der Waals surface area contributed by atoms with Crippen LogP contribution in [0.15, 0.2) is 113 Å². The molecule has 0 unspecified atom stereocenters. The van der Waals surface area contributed by atoms with Gasteiger partial charge in [0.25, 0.3) is 21.8 Å². The molecule has 0 fully saturated rings. The quantitative estimate of drug-likeness (QED) is 0.166. The number of halogens is 4. The minimum absolute atomic E-state index is 0.236. The number of hydrazone groups is 1. The van der Waals surface area contributed by atoms with Crippen LogP contribution >= 0.6 is 11.6 Å². The Bertz CT molecular complexity index is 1770. The first-order valence-corrected chi connectivity index (χ1v) is 14.4. The second-order valence-electron chi connectivity index (χ2n) is 9.12. The third-order valence-electron chi connectivity index (χ3n) is 6.08. The lowest BCUT2D eigenvalue weighted by atomic mass is 10.1. The molecule has 0 aliphatic carbocycles. The molecule has 4 rings (SSSR count). The van der Waals surface area contributed by atoms with Crippen LogP contribution in [0.1, 0.15) is 28.4 Å². The molecule has 0 aliphatic heterocycles. The van der Waals surface area contributed by atoms with Crippen LogP contribution in [0.5, 0.6) is 0 Å². The van der Waals surface area contributed by atoms with Gasteiger partial charge in [0.2, 0.25) is 0 Å². The van der Waals surface area contributed by atoms with Gasteiger partial charge >= 0.3 is 6.18 Å². The predicted molar refractivity (Wildman–Crippen MR) is 159 cm³/mol. The van der Waals surface area contributed by atoms with Gasteiger partial charge in [-0.25, -0.2) is 13.8 Å². The Morgan fingerprint density at radius 3 is 2.14 bits per heavy atom. The molecule has 8 nitrogen and oxygen atoms in total. The number of hydrogen-bond acceptors (Lipinski definition) is 5. The Balaban J connectivity index is 1.56. The Hall–Kier alpha value is -4.68. The first-order chi connectivity index (χ1) is 20.4. The summed E-state index contributed by atoms with van der Waals surface area (Å²) in [6.07, 6.45) is -4.87. The number of amides is 2. The van der Waals surface area contributed by atoms with Gasteiger partial charge in [-0.05, 0) is 67.1 Å². The first-order valence-electron chi connectivity index (χ1n) is 12.6. The summed E-state index contributed by atoms with van der Waals surface area (Å²) in [5, 5.41) is 6.17. The topological polar surface area (TPSA) is 108 Å². The molecule has 0 heterocycles. The summed E-state index contributed by atoms with van der Waals surface area (Å²) in [6, 6.07) is 24.8. The number of carbonyl (C=O) groups excluding carboxylic acids is 2. The van der Waals surface area contributed by atoms with E-state index >= 15 is 0 Å². The number of hydrogen-bond donors (Lipinski definition) is 2. The number of carbonyl (C=O) groups is 2. The molecule has 4 aromatic rings. The van der Waals surface area contributed by atoms with Gasteiger partial charge in [0.05, 0.1) is 26.9 Å². The molecule has 0 aromatic heterocycles. The van der Waals surface area contributed by atoms with E-state index in [2.05, 4.69) is 15.8 Å². The van der Waals surface area contributed by atoms with Crippen molar-refractivity contribution in [1.82, 2.24) is 5.43 Å². The summed E-state index contributed by atoms with van der Waals surface area (Å²) in [7, 11) is -4.48. The molecule has 222 valence electrons. The number of sulfonamides is 1. The fourth-order valence-corrected chi connectivity index (χ4v) is 5.57. The molecule has 0 spiro atoms. The van der Waals surface area contributed by atoms with E-state index in [1.165, 1.54) is 24.3 Å². The van der Waals surface area contributed by atoms with Crippen molar-refractivity contribution in [1.29, 1.82) is 0 Å². The van der Waals surface area contributed by atoms with Crippen LogP contribution in [0.25, 0.3) is 0 Å². The molecule has 0 aliphatic rings. The molecule has 13 heteroatoms. The zero-order valence-corrected chi connectivity index (χ0v) is 24.0. The van der Waals surface area contributed by atoms with Gasteiger partial charge in [-0.3, -0.25) is 13.9 Å². The van der Waals surface area contributed by atoms with Gasteiger partial charge in [0.1, 0.15) is 6.54 Å². The van der Waals surface area contributed by atoms with Crippen molar-refractivity contribution in [3.63, 3.8) is 0 Å². The Morgan fingerprint density at radius 1 is 0.860 bits per heavy atom. The van der Waals surface area contributed by atoms with Crippen molar-refractivity contribution in [3.8, 4) is 0 Å². The highest BCUT2D eigenvalue weighted by Gasteiger charge is 2.35. The van der Waals surface area contributed by atoms with Crippen molar-refractivity contribution < 1.29 is 31.2 Å². The average molecular weight is 629 g/mol. The molecule has 0 atom stereocenters. The standard InChI is InChI=1S/C30H24ClF3N4O4S/c1-20(22-11-8-12-23(17-22)35-29(40)21-9-4-2-5-10-21)36-37-28(39)19-38(43(41,42)25-13-6-3-7-14-25)24-15-16-27(31)26(18-24)30(32,33)34/h2-18H,19H2,1H3,(H,35,40)(H,37,39)/b36-20+.